The molecular formula is C20H30ClN7O5. The third-order valence-electron chi connectivity index (χ3n) is 4.90. The Hall–Kier alpha value is -2.90. The number of nitrogens with zero attached hydrogens (tertiary/aromatic N) is 3. The Morgan fingerprint density at radius 2 is 1.97 bits per heavy atom. The molecule has 3 unspecified atom stereocenters. The molecule has 0 aromatic heterocycles. The van der Waals surface area contributed by atoms with Gasteiger partial charge in [0.25, 0.3) is 5.91 Å². The van der Waals surface area contributed by atoms with E-state index in [1.165, 1.54) is 4.90 Å². The molecule has 13 heteroatoms. The van der Waals surface area contributed by atoms with Crippen LogP contribution >= 0.6 is 11.6 Å². The number of aliphatic hydroxyl groups is 3. The van der Waals surface area contributed by atoms with Crippen LogP contribution in [0.25, 0.3) is 0 Å². The van der Waals surface area contributed by atoms with Crippen molar-refractivity contribution in [3.8, 4) is 5.75 Å². The number of aliphatic hydroxyl groups excluding tert-OH is 3. The van der Waals surface area contributed by atoms with Crippen LogP contribution in [0.5, 0.6) is 5.75 Å². The number of primary amides is 1. The van der Waals surface area contributed by atoms with Crippen molar-refractivity contribution in [2.75, 3.05) is 24.7 Å². The van der Waals surface area contributed by atoms with Gasteiger partial charge in [-0.15, -0.1) is 0 Å². The van der Waals surface area contributed by atoms with Gasteiger partial charge in [-0.25, -0.2) is 4.99 Å². The number of hydrogen-bond donors (Lipinski definition) is 7. The summed E-state index contributed by atoms with van der Waals surface area (Å²) < 4.78 is 5.44. The fourth-order valence-corrected chi connectivity index (χ4v) is 3.15. The maximum Gasteiger partial charge on any atom is 0.271 e. The molecule has 2 rings (SSSR count). The molecule has 1 aromatic rings. The van der Waals surface area contributed by atoms with Gasteiger partial charge in [-0.2, -0.15) is 0 Å². The standard InChI is InChI=1S/C20H30ClN7O5/c1-2-3-8-27(11-4-6-12(7-5-11)33-10-14(31)13(30)9-29)20(25)28-17(22)15(19(24)32)26-16(21)18(28)23/h4-7,13-14,18,25,29-31H,2-3,8-10,22-23H2,1H3,(H2,24,32). The summed E-state index contributed by atoms with van der Waals surface area (Å²) in [7, 11) is 0. The molecule has 0 fully saturated rings. The molecule has 0 radical (unpaired) electrons. The highest BCUT2D eigenvalue weighted by molar-refractivity contribution is 6.67. The Morgan fingerprint density at radius 1 is 1.33 bits per heavy atom. The summed E-state index contributed by atoms with van der Waals surface area (Å²) in [6, 6.07) is 6.62. The third kappa shape index (κ3) is 6.33. The van der Waals surface area contributed by atoms with Crippen LogP contribution in [0.3, 0.4) is 0 Å². The van der Waals surface area contributed by atoms with Gasteiger partial charge in [0.05, 0.1) is 6.61 Å². The van der Waals surface area contributed by atoms with Gasteiger partial charge in [-0.05, 0) is 30.7 Å². The minimum Gasteiger partial charge on any atom is -0.491 e. The van der Waals surface area contributed by atoms with Gasteiger partial charge < -0.3 is 42.2 Å². The molecule has 0 aliphatic carbocycles. The van der Waals surface area contributed by atoms with Gasteiger partial charge in [0, 0.05) is 12.2 Å². The first-order chi connectivity index (χ1) is 15.6. The van der Waals surface area contributed by atoms with Crippen molar-refractivity contribution < 1.29 is 24.9 Å². The van der Waals surface area contributed by atoms with E-state index in [-0.39, 0.29) is 29.3 Å². The maximum absolute atomic E-state index is 11.7. The van der Waals surface area contributed by atoms with Crippen molar-refractivity contribution in [1.29, 1.82) is 5.41 Å². The number of hydrogen-bond acceptors (Lipinski definition) is 9. The number of nitrogens with two attached hydrogens (primary N) is 3. The molecule has 1 aliphatic rings. The first-order valence-corrected chi connectivity index (χ1v) is 10.6. The fourth-order valence-electron chi connectivity index (χ4n) is 2.97. The lowest BCUT2D eigenvalue weighted by molar-refractivity contribution is -0.114. The minimum absolute atomic E-state index is 0.129. The Balaban J connectivity index is 2.27. The zero-order chi connectivity index (χ0) is 24.7. The van der Waals surface area contributed by atoms with Crippen LogP contribution in [-0.4, -0.2) is 75.4 Å². The molecule has 1 aromatic carbocycles. The Bertz CT molecular complexity index is 909. The van der Waals surface area contributed by atoms with E-state index in [9.17, 15) is 15.0 Å². The van der Waals surface area contributed by atoms with E-state index in [2.05, 4.69) is 4.99 Å². The molecule has 3 atom stereocenters. The number of anilines is 1. The molecule has 1 amide bonds. The first-order valence-electron chi connectivity index (χ1n) is 10.3. The molecule has 0 saturated heterocycles. The van der Waals surface area contributed by atoms with E-state index in [1.807, 2.05) is 6.92 Å². The van der Waals surface area contributed by atoms with E-state index in [0.29, 0.717) is 18.0 Å². The zero-order valence-electron chi connectivity index (χ0n) is 18.2. The van der Waals surface area contributed by atoms with Crippen LogP contribution in [0.2, 0.25) is 0 Å². The number of carbonyl (C=O) groups excluding carboxylic acids is 1. The number of ether oxygens (including phenoxy) is 1. The Labute approximate surface area is 196 Å². The van der Waals surface area contributed by atoms with Gasteiger partial charge >= 0.3 is 0 Å². The first kappa shape index (κ1) is 26.4. The molecule has 12 nitrogen and oxygen atoms in total. The highest BCUT2D eigenvalue weighted by Gasteiger charge is 2.34. The molecule has 0 bridgehead atoms. The summed E-state index contributed by atoms with van der Waals surface area (Å²) in [4.78, 5) is 18.4. The van der Waals surface area contributed by atoms with Crippen molar-refractivity contribution in [2.24, 2.45) is 22.2 Å². The number of carbonyl (C=O) groups is 1. The Kier molecular flexibility index (Phi) is 9.44. The fraction of sp³-hybridized carbons (Fsp3) is 0.450. The van der Waals surface area contributed by atoms with E-state index in [1.54, 1.807) is 29.2 Å². The number of nitrogens with one attached hydrogen (secondary N) is 1. The second kappa shape index (κ2) is 11.8. The predicted molar refractivity (Wildman–Crippen MR) is 125 cm³/mol. The second-order valence-corrected chi connectivity index (χ2v) is 7.69. The van der Waals surface area contributed by atoms with Crippen molar-refractivity contribution in [3.05, 3.63) is 35.8 Å². The summed E-state index contributed by atoms with van der Waals surface area (Å²) in [5.74, 6) is -0.798. The Morgan fingerprint density at radius 3 is 2.52 bits per heavy atom. The monoisotopic (exact) mass is 483 g/mol. The summed E-state index contributed by atoms with van der Waals surface area (Å²) in [6.45, 7) is 1.64. The second-order valence-electron chi connectivity index (χ2n) is 7.30. The van der Waals surface area contributed by atoms with Gasteiger partial charge in [-0.3, -0.25) is 15.1 Å². The van der Waals surface area contributed by atoms with E-state index >= 15 is 0 Å². The van der Waals surface area contributed by atoms with Crippen LogP contribution in [0, 0.1) is 5.41 Å². The summed E-state index contributed by atoms with van der Waals surface area (Å²) >= 11 is 6.08. The normalized spacial score (nSPS) is 17.9. The molecule has 33 heavy (non-hydrogen) atoms. The lowest BCUT2D eigenvalue weighted by Crippen LogP contribution is -2.57. The van der Waals surface area contributed by atoms with E-state index in [4.69, 9.17) is 44.1 Å². The molecule has 1 aliphatic heterocycles. The maximum atomic E-state index is 11.7. The molecule has 0 spiro atoms. The molecule has 0 saturated carbocycles. The number of guanidine groups is 1. The minimum atomic E-state index is -1.30. The molecule has 1 heterocycles. The summed E-state index contributed by atoms with van der Waals surface area (Å²) in [6.07, 6.45) is -2.04. The number of benzene rings is 1. The average Bonchev–Trinajstić information content (AvgIpc) is 2.80. The van der Waals surface area contributed by atoms with Crippen molar-refractivity contribution in [2.45, 2.75) is 38.1 Å². The summed E-state index contributed by atoms with van der Waals surface area (Å²) in [5.41, 5.74) is 17.8. The predicted octanol–water partition coefficient (Wildman–Crippen LogP) is -0.828. The highest BCUT2D eigenvalue weighted by Crippen LogP contribution is 2.25. The zero-order valence-corrected chi connectivity index (χ0v) is 18.9. The lowest BCUT2D eigenvalue weighted by atomic mass is 10.2. The molecule has 182 valence electrons. The van der Waals surface area contributed by atoms with Crippen LogP contribution in [0.1, 0.15) is 19.8 Å². The van der Waals surface area contributed by atoms with Gasteiger partial charge in [0.2, 0.25) is 5.96 Å². The SMILES string of the molecule is CCCCN(C(=N)N1C(N)=C(C(N)=O)N=C(Cl)C1N)c1ccc(OCC(O)C(O)CO)cc1. The van der Waals surface area contributed by atoms with Gasteiger partial charge in [0.15, 0.2) is 5.70 Å². The van der Waals surface area contributed by atoms with Crippen LogP contribution in [0.15, 0.2) is 40.8 Å². The van der Waals surface area contributed by atoms with E-state index < -0.39 is 30.9 Å². The van der Waals surface area contributed by atoms with Crippen LogP contribution in [0.4, 0.5) is 5.69 Å². The average molecular weight is 484 g/mol. The smallest absolute Gasteiger partial charge is 0.271 e. The van der Waals surface area contributed by atoms with Crippen molar-refractivity contribution in [3.63, 3.8) is 0 Å². The lowest BCUT2D eigenvalue weighted by Gasteiger charge is -2.38. The van der Waals surface area contributed by atoms with Crippen molar-refractivity contribution >= 4 is 34.3 Å². The van der Waals surface area contributed by atoms with E-state index in [0.717, 1.165) is 12.8 Å². The largest absolute Gasteiger partial charge is 0.491 e. The quantitative estimate of drug-likeness (QED) is 0.163. The topological polar surface area (TPSA) is 208 Å². The van der Waals surface area contributed by atoms with Crippen molar-refractivity contribution in [1.82, 2.24) is 4.90 Å². The highest BCUT2D eigenvalue weighted by atomic mass is 35.5. The summed E-state index contributed by atoms with van der Waals surface area (Å²) in [5, 5.41) is 36.6. The number of unbranched alkanes of at least 4 members (excludes halogenated alkanes) is 1. The molecular weight excluding hydrogens is 454 g/mol. The number of halogens is 1. The van der Waals surface area contributed by atoms with Gasteiger partial charge in [-0.1, -0.05) is 24.9 Å². The number of rotatable bonds is 10. The molecule has 10 N–H and O–H groups in total. The van der Waals surface area contributed by atoms with Gasteiger partial charge in [0.1, 0.15) is 41.7 Å². The number of amides is 1. The third-order valence-corrected chi connectivity index (χ3v) is 5.20. The van der Waals surface area contributed by atoms with Crippen LogP contribution < -0.4 is 26.8 Å². The number of aliphatic imine (C=N–C) groups is 1. The van der Waals surface area contributed by atoms with Crippen LogP contribution in [-0.2, 0) is 4.79 Å².